The van der Waals surface area contributed by atoms with Crippen molar-refractivity contribution < 1.29 is 0 Å². The summed E-state index contributed by atoms with van der Waals surface area (Å²) in [6, 6.07) is 6.98. The molecule has 0 aliphatic heterocycles. The minimum atomic E-state index is 0.317. The number of nitrogens with one attached hydrogen (secondary N) is 1. The van der Waals surface area contributed by atoms with Gasteiger partial charge in [-0.2, -0.15) is 0 Å². The zero-order valence-corrected chi connectivity index (χ0v) is 11.6. The Labute approximate surface area is 109 Å². The van der Waals surface area contributed by atoms with E-state index in [1.165, 1.54) is 16.7 Å². The van der Waals surface area contributed by atoms with Gasteiger partial charge in [0.15, 0.2) is 0 Å². The first-order chi connectivity index (χ1) is 8.61. The van der Waals surface area contributed by atoms with Crippen molar-refractivity contribution in [3.8, 4) is 0 Å². The molecule has 1 heterocycles. The highest BCUT2D eigenvalue weighted by Gasteiger charge is 2.11. The summed E-state index contributed by atoms with van der Waals surface area (Å²) in [6.45, 7) is 7.25. The van der Waals surface area contributed by atoms with Gasteiger partial charge in [-0.15, -0.1) is 0 Å². The van der Waals surface area contributed by atoms with Crippen LogP contribution in [0.2, 0.25) is 0 Å². The van der Waals surface area contributed by atoms with E-state index >= 15 is 0 Å². The van der Waals surface area contributed by atoms with E-state index in [1.807, 2.05) is 26.4 Å². The molecule has 0 saturated heterocycles. The molecule has 0 aliphatic rings. The van der Waals surface area contributed by atoms with Gasteiger partial charge in [0.1, 0.15) is 5.82 Å². The molecule has 2 aromatic rings. The van der Waals surface area contributed by atoms with Gasteiger partial charge in [-0.05, 0) is 44.5 Å². The Morgan fingerprint density at radius 1 is 1.22 bits per heavy atom. The van der Waals surface area contributed by atoms with Crippen LogP contribution in [-0.4, -0.2) is 16.6 Å². The molecule has 0 saturated carbocycles. The van der Waals surface area contributed by atoms with E-state index < -0.39 is 0 Å². The van der Waals surface area contributed by atoms with E-state index in [0.717, 1.165) is 12.4 Å². The average molecular weight is 243 g/mol. The van der Waals surface area contributed by atoms with Crippen molar-refractivity contribution in [3.63, 3.8) is 0 Å². The van der Waals surface area contributed by atoms with Crippen molar-refractivity contribution in [2.75, 3.05) is 7.05 Å². The van der Waals surface area contributed by atoms with Gasteiger partial charge < -0.3 is 9.88 Å². The van der Waals surface area contributed by atoms with Crippen LogP contribution in [0.25, 0.3) is 0 Å². The predicted octanol–water partition coefficient (Wildman–Crippen LogP) is 2.77. The first-order valence-electron chi connectivity index (χ1n) is 6.34. The molecule has 3 heteroatoms. The molecule has 0 aliphatic carbocycles. The van der Waals surface area contributed by atoms with Crippen LogP contribution in [0.4, 0.5) is 0 Å². The number of aryl methyl sites for hydroxylation is 3. The summed E-state index contributed by atoms with van der Waals surface area (Å²) in [4.78, 5) is 4.26. The Kier molecular flexibility index (Phi) is 3.82. The summed E-state index contributed by atoms with van der Waals surface area (Å²) < 4.78 is 2.18. The number of nitrogens with zero attached hydrogens (tertiary/aromatic N) is 2. The van der Waals surface area contributed by atoms with Gasteiger partial charge in [0.25, 0.3) is 0 Å². The largest absolute Gasteiger partial charge is 0.333 e. The molecule has 18 heavy (non-hydrogen) atoms. The van der Waals surface area contributed by atoms with Crippen molar-refractivity contribution in [1.82, 2.24) is 14.9 Å². The van der Waals surface area contributed by atoms with Crippen LogP contribution in [0.15, 0.2) is 30.6 Å². The SMILES string of the molecule is CNC(Cn1ccnc1C)c1ccc(C)c(C)c1. The first kappa shape index (κ1) is 12.8. The molecule has 0 amide bonds. The zero-order chi connectivity index (χ0) is 13.1. The molecule has 0 fully saturated rings. The summed E-state index contributed by atoms with van der Waals surface area (Å²) in [6.07, 6.45) is 3.88. The van der Waals surface area contributed by atoms with Crippen LogP contribution < -0.4 is 5.32 Å². The molecule has 1 unspecified atom stereocenters. The fraction of sp³-hybridized carbons (Fsp3) is 0.400. The smallest absolute Gasteiger partial charge is 0.105 e. The van der Waals surface area contributed by atoms with Gasteiger partial charge in [-0.3, -0.25) is 0 Å². The third-order valence-electron chi connectivity index (χ3n) is 3.58. The zero-order valence-electron chi connectivity index (χ0n) is 11.6. The molecule has 96 valence electrons. The van der Waals surface area contributed by atoms with Crippen molar-refractivity contribution in [1.29, 1.82) is 0 Å². The summed E-state index contributed by atoms with van der Waals surface area (Å²) in [5.41, 5.74) is 4.01. The van der Waals surface area contributed by atoms with Gasteiger partial charge in [-0.1, -0.05) is 18.2 Å². The van der Waals surface area contributed by atoms with Crippen LogP contribution in [-0.2, 0) is 6.54 Å². The van der Waals surface area contributed by atoms with Crippen LogP contribution >= 0.6 is 0 Å². The Morgan fingerprint density at radius 2 is 2.00 bits per heavy atom. The van der Waals surface area contributed by atoms with Crippen molar-refractivity contribution in [3.05, 3.63) is 53.1 Å². The van der Waals surface area contributed by atoms with Gasteiger partial charge in [-0.25, -0.2) is 4.98 Å². The Bertz CT molecular complexity index is 528. The van der Waals surface area contributed by atoms with E-state index in [4.69, 9.17) is 0 Å². The average Bonchev–Trinajstić information content (AvgIpc) is 2.75. The fourth-order valence-electron chi connectivity index (χ4n) is 2.14. The molecule has 1 aromatic heterocycles. The maximum absolute atomic E-state index is 4.26. The summed E-state index contributed by atoms with van der Waals surface area (Å²) in [5.74, 6) is 1.05. The maximum Gasteiger partial charge on any atom is 0.105 e. The number of hydrogen-bond donors (Lipinski definition) is 1. The third kappa shape index (κ3) is 2.62. The lowest BCUT2D eigenvalue weighted by molar-refractivity contribution is 0.493. The van der Waals surface area contributed by atoms with Gasteiger partial charge in [0.2, 0.25) is 0 Å². The summed E-state index contributed by atoms with van der Waals surface area (Å²) >= 11 is 0. The third-order valence-corrected chi connectivity index (χ3v) is 3.58. The highest BCUT2D eigenvalue weighted by molar-refractivity contribution is 5.31. The van der Waals surface area contributed by atoms with Crippen LogP contribution in [0, 0.1) is 20.8 Å². The van der Waals surface area contributed by atoms with Crippen LogP contribution in [0.5, 0.6) is 0 Å². The minimum absolute atomic E-state index is 0.317. The van der Waals surface area contributed by atoms with Crippen LogP contribution in [0.1, 0.15) is 28.6 Å². The summed E-state index contributed by atoms with van der Waals surface area (Å²) in [5, 5.41) is 3.38. The van der Waals surface area contributed by atoms with Gasteiger partial charge in [0, 0.05) is 25.0 Å². The predicted molar refractivity (Wildman–Crippen MR) is 74.7 cm³/mol. The van der Waals surface area contributed by atoms with Gasteiger partial charge in [0.05, 0.1) is 0 Å². The van der Waals surface area contributed by atoms with Crippen LogP contribution in [0.3, 0.4) is 0 Å². The summed E-state index contributed by atoms with van der Waals surface area (Å²) in [7, 11) is 2.01. The molecule has 2 rings (SSSR count). The second kappa shape index (κ2) is 5.36. The van der Waals surface area contributed by atoms with E-state index in [0.29, 0.717) is 6.04 Å². The molecule has 0 bridgehead atoms. The second-order valence-corrected chi connectivity index (χ2v) is 4.81. The first-order valence-corrected chi connectivity index (χ1v) is 6.34. The second-order valence-electron chi connectivity index (χ2n) is 4.81. The standard InChI is InChI=1S/C15H21N3/c1-11-5-6-14(9-12(11)2)15(16-4)10-18-8-7-17-13(18)3/h5-9,15-16H,10H2,1-4H3. The molecule has 0 spiro atoms. The quantitative estimate of drug-likeness (QED) is 0.895. The molecule has 1 atom stereocenters. The molecule has 3 nitrogen and oxygen atoms in total. The molecule has 0 radical (unpaired) electrons. The van der Waals surface area contributed by atoms with E-state index in [2.05, 4.69) is 46.9 Å². The lowest BCUT2D eigenvalue weighted by atomic mass is 10.0. The van der Waals surface area contributed by atoms with Crippen molar-refractivity contribution in [2.24, 2.45) is 0 Å². The van der Waals surface area contributed by atoms with Crippen molar-refractivity contribution >= 4 is 0 Å². The fourth-order valence-corrected chi connectivity index (χ4v) is 2.14. The number of benzene rings is 1. The van der Waals surface area contributed by atoms with E-state index in [-0.39, 0.29) is 0 Å². The maximum atomic E-state index is 4.26. The minimum Gasteiger partial charge on any atom is -0.333 e. The highest BCUT2D eigenvalue weighted by Crippen LogP contribution is 2.19. The highest BCUT2D eigenvalue weighted by atomic mass is 15.1. The van der Waals surface area contributed by atoms with Crippen molar-refractivity contribution in [2.45, 2.75) is 33.4 Å². The molecule has 1 aromatic carbocycles. The molecular weight excluding hydrogens is 222 g/mol. The lowest BCUT2D eigenvalue weighted by Gasteiger charge is -2.19. The monoisotopic (exact) mass is 243 g/mol. The van der Waals surface area contributed by atoms with E-state index in [9.17, 15) is 0 Å². The Balaban J connectivity index is 2.23. The Morgan fingerprint density at radius 3 is 2.56 bits per heavy atom. The number of rotatable bonds is 4. The lowest BCUT2D eigenvalue weighted by Crippen LogP contribution is -2.22. The molecule has 1 N–H and O–H groups in total. The number of imidazole rings is 1. The molecular formula is C15H21N3. The Hall–Kier alpha value is -1.61. The number of aromatic nitrogens is 2. The van der Waals surface area contributed by atoms with Gasteiger partial charge >= 0.3 is 0 Å². The number of likely N-dealkylation sites (N-methyl/N-ethyl adjacent to an activating group) is 1. The number of hydrogen-bond acceptors (Lipinski definition) is 2. The normalized spacial score (nSPS) is 12.7. The topological polar surface area (TPSA) is 29.9 Å². The van der Waals surface area contributed by atoms with E-state index in [1.54, 1.807) is 0 Å².